The monoisotopic (exact) mass is 462 g/mol. The molecule has 34 heavy (non-hydrogen) atoms. The molecule has 5 rings (SSSR count). The molecular weight excluding hydrogens is 436 g/mol. The molecule has 1 aliphatic rings. The van der Waals surface area contributed by atoms with Gasteiger partial charge in [0.15, 0.2) is 12.0 Å². The number of morpholine rings is 1. The number of imidazole rings is 1. The van der Waals surface area contributed by atoms with Crippen molar-refractivity contribution in [3.63, 3.8) is 0 Å². The number of nitrogens with one attached hydrogen (secondary N) is 1. The Morgan fingerprint density at radius 2 is 2.15 bits per heavy atom. The summed E-state index contributed by atoms with van der Waals surface area (Å²) in [7, 11) is 1.80. The Morgan fingerprint density at radius 3 is 2.97 bits per heavy atom. The second kappa shape index (κ2) is 9.24. The predicted molar refractivity (Wildman–Crippen MR) is 127 cm³/mol. The molecule has 2 aromatic heterocycles. The van der Waals surface area contributed by atoms with Gasteiger partial charge in [-0.2, -0.15) is 10.1 Å². The molecule has 2 N–H and O–H groups in total. The van der Waals surface area contributed by atoms with E-state index in [9.17, 15) is 14.7 Å². The molecule has 0 aliphatic carbocycles. The van der Waals surface area contributed by atoms with Crippen molar-refractivity contribution in [2.45, 2.75) is 19.1 Å². The van der Waals surface area contributed by atoms with Crippen molar-refractivity contribution in [2.75, 3.05) is 31.2 Å². The van der Waals surface area contributed by atoms with Crippen molar-refractivity contribution in [3.8, 4) is 0 Å². The van der Waals surface area contributed by atoms with Crippen molar-refractivity contribution < 1.29 is 19.4 Å². The van der Waals surface area contributed by atoms with Gasteiger partial charge in [-0.25, -0.2) is 0 Å². The summed E-state index contributed by atoms with van der Waals surface area (Å²) in [5.74, 6) is -0.441. The van der Waals surface area contributed by atoms with Crippen LogP contribution < -0.4 is 10.5 Å². The number of aromatic nitrogens is 4. The molecule has 176 valence electrons. The summed E-state index contributed by atoms with van der Waals surface area (Å²) in [4.78, 5) is 34.1. The quantitative estimate of drug-likeness (QED) is 0.418. The number of aromatic amines is 1. The van der Waals surface area contributed by atoms with E-state index in [1.807, 2.05) is 47.0 Å². The van der Waals surface area contributed by atoms with Crippen molar-refractivity contribution in [3.05, 3.63) is 53.8 Å². The van der Waals surface area contributed by atoms with Gasteiger partial charge in [0.25, 0.3) is 0 Å². The number of ether oxygens (including phenoxy) is 1. The predicted octanol–water partition coefficient (Wildman–Crippen LogP) is 1.38. The summed E-state index contributed by atoms with van der Waals surface area (Å²) in [6.07, 6.45) is 0.901. The Labute approximate surface area is 195 Å². The van der Waals surface area contributed by atoms with Gasteiger partial charge in [0.1, 0.15) is 6.10 Å². The molecule has 0 saturated carbocycles. The number of aryl methyl sites for hydroxylation is 2. The fourth-order valence-electron chi connectivity index (χ4n) is 4.41. The zero-order chi connectivity index (χ0) is 23.7. The number of anilines is 1. The second-order valence-electron chi connectivity index (χ2n) is 8.28. The minimum absolute atomic E-state index is 0.0247. The van der Waals surface area contributed by atoms with Crippen LogP contribution in [0, 0.1) is 0 Å². The fourth-order valence-corrected chi connectivity index (χ4v) is 4.41. The number of aliphatic hydroxyl groups is 1. The largest absolute Gasteiger partial charge is 0.396 e. The van der Waals surface area contributed by atoms with E-state index in [1.54, 1.807) is 11.7 Å². The van der Waals surface area contributed by atoms with Crippen molar-refractivity contribution >= 4 is 39.8 Å². The lowest BCUT2D eigenvalue weighted by Crippen LogP contribution is -2.43. The highest BCUT2D eigenvalue weighted by atomic mass is 16.5. The topological polar surface area (TPSA) is 118 Å². The van der Waals surface area contributed by atoms with Crippen LogP contribution in [0.4, 0.5) is 5.69 Å². The van der Waals surface area contributed by atoms with Crippen LogP contribution in [0.3, 0.4) is 0 Å². The van der Waals surface area contributed by atoms with Crippen molar-refractivity contribution in [2.24, 2.45) is 12.0 Å². The maximum atomic E-state index is 13.1. The van der Waals surface area contributed by atoms with Gasteiger partial charge in [0.05, 0.1) is 29.7 Å². The normalized spacial score (nSPS) is 17.1. The number of H-pyrrole nitrogens is 1. The summed E-state index contributed by atoms with van der Waals surface area (Å²) in [5, 5.41) is 14.5. The van der Waals surface area contributed by atoms with E-state index in [1.165, 1.54) is 0 Å². The van der Waals surface area contributed by atoms with Crippen LogP contribution in [0.2, 0.25) is 0 Å². The highest BCUT2D eigenvalue weighted by Gasteiger charge is 2.21. The van der Waals surface area contributed by atoms with Gasteiger partial charge in [-0.1, -0.05) is 18.2 Å². The van der Waals surface area contributed by atoms with E-state index in [0.717, 1.165) is 33.9 Å². The first-order valence-electron chi connectivity index (χ1n) is 11.2. The number of amides is 1. The molecule has 1 fully saturated rings. The molecule has 3 heterocycles. The molecule has 0 spiro atoms. The van der Waals surface area contributed by atoms with Crippen LogP contribution in [0.25, 0.3) is 21.9 Å². The van der Waals surface area contributed by atoms with Crippen LogP contribution in [0.15, 0.2) is 47.5 Å². The first-order valence-corrected chi connectivity index (χ1v) is 11.2. The van der Waals surface area contributed by atoms with Gasteiger partial charge in [0.2, 0.25) is 5.62 Å². The maximum Gasteiger partial charge on any atom is 0.301 e. The SMILES string of the molecule is Cn1nc(C(=O)/N=c2\[nH]c3cc(N4CCOC(C=O)C4)ccc3n2CCCO)c2ccccc21. The molecule has 2 aromatic carbocycles. The highest BCUT2D eigenvalue weighted by Crippen LogP contribution is 2.23. The number of para-hydroxylation sites is 1. The number of carbonyl (C=O) groups excluding carboxylic acids is 2. The Bertz CT molecular complexity index is 1430. The molecule has 0 bridgehead atoms. The van der Waals surface area contributed by atoms with E-state index < -0.39 is 12.0 Å². The third-order valence-corrected chi connectivity index (χ3v) is 6.09. The molecule has 10 heteroatoms. The molecule has 1 unspecified atom stereocenters. The first kappa shape index (κ1) is 22.1. The number of fused-ring (bicyclic) bond motifs is 2. The minimum atomic E-state index is -0.445. The van der Waals surface area contributed by atoms with E-state index >= 15 is 0 Å². The van der Waals surface area contributed by atoms with Crippen LogP contribution >= 0.6 is 0 Å². The summed E-state index contributed by atoms with van der Waals surface area (Å²) in [6.45, 7) is 2.18. The summed E-state index contributed by atoms with van der Waals surface area (Å²) in [5.41, 5.74) is 4.17. The lowest BCUT2D eigenvalue weighted by Gasteiger charge is -2.32. The second-order valence-corrected chi connectivity index (χ2v) is 8.28. The third kappa shape index (κ3) is 4.02. The average molecular weight is 463 g/mol. The van der Waals surface area contributed by atoms with E-state index in [2.05, 4.69) is 20.0 Å². The number of hydrogen-bond donors (Lipinski definition) is 2. The molecule has 4 aromatic rings. The Morgan fingerprint density at radius 1 is 1.29 bits per heavy atom. The molecular formula is C24H26N6O4. The number of carbonyl (C=O) groups is 2. The summed E-state index contributed by atoms with van der Waals surface area (Å²) < 4.78 is 9.01. The summed E-state index contributed by atoms with van der Waals surface area (Å²) in [6, 6.07) is 13.5. The highest BCUT2D eigenvalue weighted by molar-refractivity contribution is 6.05. The lowest BCUT2D eigenvalue weighted by molar-refractivity contribution is -0.118. The third-order valence-electron chi connectivity index (χ3n) is 6.09. The standard InChI is InChI=1S/C24H26N6O4/c1-28-20-6-3-2-5-18(20)22(27-28)23(33)26-24-25-19-13-16(29-10-12-34-17(14-29)15-32)7-8-21(19)30(24)9-4-11-31/h2-3,5-8,13,15,17,31H,4,9-12,14H2,1H3,(H,25,26,33). The van der Waals surface area contributed by atoms with E-state index in [0.29, 0.717) is 44.0 Å². The first-order chi connectivity index (χ1) is 16.6. The van der Waals surface area contributed by atoms with Gasteiger partial charge in [-0.15, -0.1) is 0 Å². The van der Waals surface area contributed by atoms with Gasteiger partial charge >= 0.3 is 5.91 Å². The Balaban J connectivity index is 1.57. The number of aldehydes is 1. The molecule has 1 atom stereocenters. The zero-order valence-electron chi connectivity index (χ0n) is 18.8. The van der Waals surface area contributed by atoms with Gasteiger partial charge < -0.3 is 29.1 Å². The van der Waals surface area contributed by atoms with Crippen LogP contribution in [0.1, 0.15) is 16.9 Å². The molecule has 1 amide bonds. The molecule has 0 radical (unpaired) electrons. The fraction of sp³-hybridized carbons (Fsp3) is 0.333. The number of nitrogens with zero attached hydrogens (tertiary/aromatic N) is 5. The Kier molecular flexibility index (Phi) is 5.99. The smallest absolute Gasteiger partial charge is 0.301 e. The number of aliphatic hydroxyl groups excluding tert-OH is 1. The van der Waals surface area contributed by atoms with Crippen molar-refractivity contribution in [1.29, 1.82) is 0 Å². The van der Waals surface area contributed by atoms with Crippen LogP contribution in [-0.4, -0.2) is 69.0 Å². The van der Waals surface area contributed by atoms with Gasteiger partial charge in [0, 0.05) is 37.8 Å². The lowest BCUT2D eigenvalue weighted by atomic mass is 10.2. The molecule has 1 aliphatic heterocycles. The number of hydrogen-bond acceptors (Lipinski definition) is 6. The Hall–Kier alpha value is -3.76. The minimum Gasteiger partial charge on any atom is -0.396 e. The van der Waals surface area contributed by atoms with Gasteiger partial charge in [-0.05, 0) is 30.7 Å². The molecule has 10 nitrogen and oxygen atoms in total. The van der Waals surface area contributed by atoms with Crippen molar-refractivity contribution in [1.82, 2.24) is 19.3 Å². The molecule has 1 saturated heterocycles. The van der Waals surface area contributed by atoms with E-state index in [-0.39, 0.29) is 6.61 Å². The van der Waals surface area contributed by atoms with Crippen LogP contribution in [-0.2, 0) is 23.1 Å². The van der Waals surface area contributed by atoms with E-state index in [4.69, 9.17) is 4.74 Å². The zero-order valence-corrected chi connectivity index (χ0v) is 18.8. The summed E-state index contributed by atoms with van der Waals surface area (Å²) >= 11 is 0. The van der Waals surface area contributed by atoms with Gasteiger partial charge in [-0.3, -0.25) is 9.48 Å². The number of rotatable bonds is 6. The van der Waals surface area contributed by atoms with Crippen LogP contribution in [0.5, 0.6) is 0 Å². The maximum absolute atomic E-state index is 13.1. The average Bonchev–Trinajstić information content (AvgIpc) is 3.39. The number of benzene rings is 2.